The fourth-order valence-electron chi connectivity index (χ4n) is 1.55. The molecule has 0 saturated carbocycles. The summed E-state index contributed by atoms with van der Waals surface area (Å²) in [6, 6.07) is 9.97. The molecular weight excluding hydrogens is 218 g/mol. The molecular formula is C13H13NOS. The van der Waals surface area contributed by atoms with Crippen LogP contribution in [-0.4, -0.2) is 12.2 Å². The molecule has 0 radical (unpaired) electrons. The summed E-state index contributed by atoms with van der Waals surface area (Å²) in [6.07, 6.45) is 3.80. The van der Waals surface area contributed by atoms with Gasteiger partial charge in [-0.2, -0.15) is 0 Å². The Morgan fingerprint density at radius 2 is 1.94 bits per heavy atom. The van der Waals surface area contributed by atoms with Crippen molar-refractivity contribution in [1.29, 1.82) is 0 Å². The summed E-state index contributed by atoms with van der Waals surface area (Å²) < 4.78 is 0. The van der Waals surface area contributed by atoms with Gasteiger partial charge < -0.3 is 4.90 Å². The highest BCUT2D eigenvalue weighted by molar-refractivity contribution is 8.17. The maximum absolute atomic E-state index is 11.6. The highest BCUT2D eigenvalue weighted by Gasteiger charge is 2.17. The van der Waals surface area contributed by atoms with E-state index < -0.39 is 0 Å². The van der Waals surface area contributed by atoms with E-state index in [1.807, 2.05) is 61.5 Å². The largest absolute Gasteiger partial charge is 0.350 e. The van der Waals surface area contributed by atoms with Gasteiger partial charge in [0.05, 0.1) is 0 Å². The first-order valence-corrected chi connectivity index (χ1v) is 5.88. The van der Waals surface area contributed by atoms with Gasteiger partial charge in [-0.3, -0.25) is 4.79 Å². The molecule has 0 fully saturated rings. The molecule has 1 aromatic rings. The Morgan fingerprint density at radius 3 is 2.50 bits per heavy atom. The second kappa shape index (κ2) is 4.58. The molecule has 0 spiro atoms. The van der Waals surface area contributed by atoms with Crippen molar-refractivity contribution in [3.8, 4) is 0 Å². The van der Waals surface area contributed by atoms with Crippen molar-refractivity contribution in [3.63, 3.8) is 0 Å². The molecule has 1 aliphatic rings. The first-order valence-electron chi connectivity index (χ1n) is 5.07. The lowest BCUT2D eigenvalue weighted by atomic mass is 10.2. The highest BCUT2D eigenvalue weighted by Crippen LogP contribution is 2.30. The third-order valence-electron chi connectivity index (χ3n) is 2.34. The van der Waals surface area contributed by atoms with Gasteiger partial charge in [0, 0.05) is 24.5 Å². The van der Waals surface area contributed by atoms with E-state index >= 15 is 0 Å². The van der Waals surface area contributed by atoms with Crippen molar-refractivity contribution in [3.05, 3.63) is 53.1 Å². The van der Waals surface area contributed by atoms with Crippen molar-refractivity contribution in [2.45, 2.75) is 6.92 Å². The number of anilines is 1. The van der Waals surface area contributed by atoms with Gasteiger partial charge in [0.1, 0.15) is 0 Å². The monoisotopic (exact) mass is 231 g/mol. The number of para-hydroxylation sites is 1. The predicted octanol–water partition coefficient (Wildman–Crippen LogP) is 3.18. The van der Waals surface area contributed by atoms with Crippen LogP contribution in [0.25, 0.3) is 0 Å². The van der Waals surface area contributed by atoms with Crippen molar-refractivity contribution in [1.82, 2.24) is 0 Å². The minimum atomic E-state index is 0.125. The van der Waals surface area contributed by atoms with E-state index in [4.69, 9.17) is 0 Å². The first-order chi connectivity index (χ1) is 7.66. The standard InChI is InChI=1S/C13H13NOS/c1-10-8-11(13(15)16-10)9-14(2)12-6-4-3-5-7-12/h3-9H,1-2H3. The summed E-state index contributed by atoms with van der Waals surface area (Å²) in [5.41, 5.74) is 1.83. The third kappa shape index (κ3) is 2.36. The zero-order valence-electron chi connectivity index (χ0n) is 9.31. The van der Waals surface area contributed by atoms with E-state index in [9.17, 15) is 4.79 Å². The van der Waals surface area contributed by atoms with Crippen LogP contribution in [0.2, 0.25) is 0 Å². The van der Waals surface area contributed by atoms with Crippen LogP contribution in [0.1, 0.15) is 6.92 Å². The van der Waals surface area contributed by atoms with Crippen LogP contribution < -0.4 is 4.90 Å². The predicted molar refractivity (Wildman–Crippen MR) is 69.3 cm³/mol. The molecule has 1 aliphatic heterocycles. The van der Waals surface area contributed by atoms with Crippen LogP contribution in [0.15, 0.2) is 53.1 Å². The number of nitrogens with zero attached hydrogens (tertiary/aromatic N) is 1. The van der Waals surface area contributed by atoms with Gasteiger partial charge in [-0.25, -0.2) is 0 Å². The number of thioether (sulfide) groups is 1. The van der Waals surface area contributed by atoms with E-state index in [1.165, 1.54) is 11.8 Å². The molecule has 16 heavy (non-hydrogen) atoms. The number of rotatable bonds is 2. The fraction of sp³-hybridized carbons (Fsp3) is 0.154. The fourth-order valence-corrected chi connectivity index (χ4v) is 2.26. The second-order valence-corrected chi connectivity index (χ2v) is 4.89. The summed E-state index contributed by atoms with van der Waals surface area (Å²) >= 11 is 1.29. The number of benzene rings is 1. The summed E-state index contributed by atoms with van der Waals surface area (Å²) in [4.78, 5) is 14.6. The number of carbonyl (C=O) groups is 1. The van der Waals surface area contributed by atoms with Crippen molar-refractivity contribution >= 4 is 22.6 Å². The molecule has 0 unspecified atom stereocenters. The molecule has 2 rings (SSSR count). The SMILES string of the molecule is CC1=CC(=CN(C)c2ccccc2)C(=O)S1. The van der Waals surface area contributed by atoms with Gasteiger partial charge in [0.15, 0.2) is 0 Å². The van der Waals surface area contributed by atoms with E-state index in [2.05, 4.69) is 0 Å². The highest BCUT2D eigenvalue weighted by atomic mass is 32.2. The normalized spacial score (nSPS) is 17.8. The Hall–Kier alpha value is -1.48. The molecule has 0 bridgehead atoms. The summed E-state index contributed by atoms with van der Waals surface area (Å²) in [6.45, 7) is 1.95. The number of hydrogen-bond donors (Lipinski definition) is 0. The second-order valence-electron chi connectivity index (χ2n) is 3.68. The molecule has 0 aromatic heterocycles. The van der Waals surface area contributed by atoms with Gasteiger partial charge >= 0.3 is 0 Å². The quantitative estimate of drug-likeness (QED) is 0.729. The van der Waals surface area contributed by atoms with Crippen LogP contribution >= 0.6 is 11.8 Å². The van der Waals surface area contributed by atoms with Gasteiger partial charge in [0.25, 0.3) is 0 Å². The van der Waals surface area contributed by atoms with Gasteiger partial charge in [-0.15, -0.1) is 0 Å². The zero-order valence-corrected chi connectivity index (χ0v) is 10.1. The van der Waals surface area contributed by atoms with Crippen LogP contribution in [0.5, 0.6) is 0 Å². The van der Waals surface area contributed by atoms with Gasteiger partial charge in [-0.1, -0.05) is 30.0 Å². The average molecular weight is 231 g/mol. The van der Waals surface area contributed by atoms with Crippen LogP contribution in [0, 0.1) is 0 Å². The Bertz CT molecular complexity index is 462. The number of carbonyl (C=O) groups excluding carboxylic acids is 1. The Kier molecular flexibility index (Phi) is 3.15. The lowest BCUT2D eigenvalue weighted by Gasteiger charge is -2.14. The lowest BCUT2D eigenvalue weighted by molar-refractivity contribution is -0.107. The number of allylic oxidation sites excluding steroid dienone is 2. The minimum absolute atomic E-state index is 0.125. The van der Waals surface area contributed by atoms with Crippen molar-refractivity contribution in [2.75, 3.05) is 11.9 Å². The molecule has 0 saturated heterocycles. The molecule has 0 N–H and O–H groups in total. The van der Waals surface area contributed by atoms with Crippen molar-refractivity contribution in [2.24, 2.45) is 0 Å². The topological polar surface area (TPSA) is 20.3 Å². The third-order valence-corrected chi connectivity index (χ3v) is 3.21. The van der Waals surface area contributed by atoms with Crippen LogP contribution in [-0.2, 0) is 4.79 Å². The molecule has 1 aromatic carbocycles. The molecule has 0 amide bonds. The van der Waals surface area contributed by atoms with Crippen LogP contribution in [0.3, 0.4) is 0 Å². The van der Waals surface area contributed by atoms with Gasteiger partial charge in [0.2, 0.25) is 5.12 Å². The molecule has 1 heterocycles. The number of hydrogen-bond acceptors (Lipinski definition) is 3. The Labute approximate surface area is 99.6 Å². The molecule has 3 heteroatoms. The summed E-state index contributed by atoms with van der Waals surface area (Å²) in [5.74, 6) is 0. The zero-order chi connectivity index (χ0) is 11.5. The average Bonchev–Trinajstić information content (AvgIpc) is 2.59. The Morgan fingerprint density at radius 1 is 1.25 bits per heavy atom. The van der Waals surface area contributed by atoms with E-state index in [-0.39, 0.29) is 5.12 Å². The Balaban J connectivity index is 2.22. The van der Waals surface area contributed by atoms with Gasteiger partial charge in [-0.05, 0) is 30.0 Å². The molecule has 0 atom stereocenters. The minimum Gasteiger partial charge on any atom is -0.350 e. The summed E-state index contributed by atoms with van der Waals surface area (Å²) in [5, 5.41) is 0.125. The van der Waals surface area contributed by atoms with Crippen molar-refractivity contribution < 1.29 is 4.79 Å². The molecule has 0 aliphatic carbocycles. The molecule has 82 valence electrons. The maximum Gasteiger partial charge on any atom is 0.225 e. The molecule has 2 nitrogen and oxygen atoms in total. The smallest absolute Gasteiger partial charge is 0.225 e. The first kappa shape index (κ1) is 11.0. The van der Waals surface area contributed by atoms with E-state index in [0.717, 1.165) is 16.2 Å². The van der Waals surface area contributed by atoms with E-state index in [0.29, 0.717) is 0 Å². The maximum atomic E-state index is 11.6. The van der Waals surface area contributed by atoms with E-state index in [1.54, 1.807) is 0 Å². The summed E-state index contributed by atoms with van der Waals surface area (Å²) in [7, 11) is 1.95. The van der Waals surface area contributed by atoms with Crippen LogP contribution in [0.4, 0.5) is 5.69 Å². The lowest BCUT2D eigenvalue weighted by Crippen LogP contribution is -2.09.